The third kappa shape index (κ3) is 3.40. The fraction of sp³-hybridized carbons (Fsp3) is 0.625. The van der Waals surface area contributed by atoms with Crippen molar-refractivity contribution in [3.63, 3.8) is 0 Å². The van der Waals surface area contributed by atoms with Crippen LogP contribution in [0.2, 0.25) is 0 Å². The maximum Gasteiger partial charge on any atom is 0.167 e. The van der Waals surface area contributed by atoms with Crippen LogP contribution in [0.25, 0.3) is 0 Å². The molecule has 1 aromatic rings. The first kappa shape index (κ1) is 14.2. The smallest absolute Gasteiger partial charge is 0.167 e. The Morgan fingerprint density at radius 2 is 2.05 bits per heavy atom. The normalized spacial score (nSPS) is 27.5. The predicted molar refractivity (Wildman–Crippen MR) is 76.6 cm³/mol. The van der Waals surface area contributed by atoms with Gasteiger partial charge in [-0.15, -0.1) is 0 Å². The van der Waals surface area contributed by atoms with Crippen molar-refractivity contribution in [1.82, 2.24) is 0 Å². The number of halogens is 1. The lowest BCUT2D eigenvalue weighted by atomic mass is 9.75. The predicted octanol–water partition coefficient (Wildman–Crippen LogP) is 4.25. The molecule has 1 saturated carbocycles. The van der Waals surface area contributed by atoms with Crippen LogP contribution >= 0.6 is 0 Å². The van der Waals surface area contributed by atoms with E-state index in [9.17, 15) is 4.39 Å². The second-order valence-electron chi connectivity index (χ2n) is 6.17. The van der Waals surface area contributed by atoms with Crippen molar-refractivity contribution in [2.24, 2.45) is 17.8 Å². The summed E-state index contributed by atoms with van der Waals surface area (Å²) >= 11 is 0. The molecular formula is C16H24FNO. The van der Waals surface area contributed by atoms with Gasteiger partial charge >= 0.3 is 0 Å². The number of hydrogen-bond donors (Lipinski definition) is 1. The minimum atomic E-state index is -0.360. The lowest BCUT2D eigenvalue weighted by molar-refractivity contribution is 0.0431. The molecule has 0 aliphatic heterocycles. The topological polar surface area (TPSA) is 35.2 Å². The van der Waals surface area contributed by atoms with Gasteiger partial charge in [-0.05, 0) is 42.7 Å². The summed E-state index contributed by atoms with van der Waals surface area (Å²) in [6, 6.07) is 4.66. The maximum atomic E-state index is 13.8. The second-order valence-corrected chi connectivity index (χ2v) is 6.17. The first-order valence-corrected chi connectivity index (χ1v) is 7.19. The van der Waals surface area contributed by atoms with Gasteiger partial charge in [-0.1, -0.05) is 27.2 Å². The van der Waals surface area contributed by atoms with Crippen LogP contribution in [0.4, 0.5) is 10.1 Å². The maximum absolute atomic E-state index is 13.8. The highest BCUT2D eigenvalue weighted by atomic mass is 19.1. The molecule has 3 atom stereocenters. The Morgan fingerprint density at radius 1 is 1.32 bits per heavy atom. The molecule has 0 aromatic heterocycles. The Kier molecular flexibility index (Phi) is 4.33. The third-order valence-electron chi connectivity index (χ3n) is 4.20. The molecule has 1 fully saturated rings. The van der Waals surface area contributed by atoms with Crippen molar-refractivity contribution in [1.29, 1.82) is 0 Å². The second kappa shape index (κ2) is 5.81. The molecule has 2 nitrogen and oxygen atoms in total. The van der Waals surface area contributed by atoms with Crippen molar-refractivity contribution in [3.05, 3.63) is 24.0 Å². The van der Waals surface area contributed by atoms with E-state index in [1.54, 1.807) is 12.1 Å². The summed E-state index contributed by atoms with van der Waals surface area (Å²) in [6.07, 6.45) is 3.53. The van der Waals surface area contributed by atoms with Crippen LogP contribution in [0.15, 0.2) is 18.2 Å². The first-order valence-electron chi connectivity index (χ1n) is 7.19. The van der Waals surface area contributed by atoms with Gasteiger partial charge in [0.2, 0.25) is 0 Å². The molecular weight excluding hydrogens is 241 g/mol. The highest BCUT2D eigenvalue weighted by Gasteiger charge is 2.32. The van der Waals surface area contributed by atoms with E-state index in [1.165, 1.54) is 18.9 Å². The molecule has 1 aromatic carbocycles. The highest BCUT2D eigenvalue weighted by molar-refractivity contribution is 5.42. The largest absolute Gasteiger partial charge is 0.487 e. The van der Waals surface area contributed by atoms with Gasteiger partial charge in [-0.2, -0.15) is 0 Å². The molecule has 3 heteroatoms. The van der Waals surface area contributed by atoms with Gasteiger partial charge in [0.05, 0.1) is 0 Å². The minimum Gasteiger partial charge on any atom is -0.487 e. The third-order valence-corrected chi connectivity index (χ3v) is 4.20. The Morgan fingerprint density at radius 3 is 2.68 bits per heavy atom. The zero-order valence-electron chi connectivity index (χ0n) is 12.0. The van der Waals surface area contributed by atoms with Gasteiger partial charge in [0.15, 0.2) is 11.6 Å². The Bertz CT molecular complexity index is 433. The number of nitrogens with two attached hydrogens (primary N) is 1. The van der Waals surface area contributed by atoms with E-state index in [1.807, 2.05) is 0 Å². The van der Waals surface area contributed by atoms with Gasteiger partial charge in [-0.3, -0.25) is 0 Å². The number of hydrogen-bond acceptors (Lipinski definition) is 2. The minimum absolute atomic E-state index is 0.113. The van der Waals surface area contributed by atoms with Crippen LogP contribution in [0.5, 0.6) is 5.75 Å². The number of nitrogen functional groups attached to an aromatic ring is 1. The summed E-state index contributed by atoms with van der Waals surface area (Å²) < 4.78 is 19.8. The molecule has 0 spiro atoms. The van der Waals surface area contributed by atoms with Crippen molar-refractivity contribution in [2.75, 3.05) is 5.73 Å². The van der Waals surface area contributed by atoms with Crippen LogP contribution in [-0.4, -0.2) is 6.10 Å². The lowest BCUT2D eigenvalue weighted by Gasteiger charge is -2.37. The van der Waals surface area contributed by atoms with E-state index in [4.69, 9.17) is 10.5 Å². The standard InChI is InChI=1S/C16H24FNO/c1-10(2)13-6-4-11(3)8-16(13)19-15-7-5-12(18)9-14(15)17/h5,7,9-11,13,16H,4,6,8,18H2,1-3H3. The van der Waals surface area contributed by atoms with Crippen molar-refractivity contribution < 1.29 is 9.13 Å². The van der Waals surface area contributed by atoms with Crippen LogP contribution in [0.1, 0.15) is 40.0 Å². The van der Waals surface area contributed by atoms with Gasteiger partial charge in [0, 0.05) is 11.8 Å². The van der Waals surface area contributed by atoms with Crippen molar-refractivity contribution in [3.8, 4) is 5.75 Å². The van der Waals surface area contributed by atoms with Crippen molar-refractivity contribution >= 4 is 5.69 Å². The number of benzene rings is 1. The number of ether oxygens (including phenoxy) is 1. The fourth-order valence-electron chi connectivity index (χ4n) is 3.03. The molecule has 106 valence electrons. The quantitative estimate of drug-likeness (QED) is 0.829. The molecule has 19 heavy (non-hydrogen) atoms. The first-order chi connectivity index (χ1) is 8.97. The zero-order chi connectivity index (χ0) is 14.0. The lowest BCUT2D eigenvalue weighted by Crippen LogP contribution is -2.36. The Balaban J connectivity index is 2.14. The molecule has 3 unspecified atom stereocenters. The molecule has 2 rings (SSSR count). The monoisotopic (exact) mass is 265 g/mol. The van der Waals surface area contributed by atoms with Crippen LogP contribution in [-0.2, 0) is 0 Å². The average Bonchev–Trinajstić information content (AvgIpc) is 2.32. The van der Waals surface area contributed by atoms with Crippen LogP contribution in [0.3, 0.4) is 0 Å². The summed E-state index contributed by atoms with van der Waals surface area (Å²) in [4.78, 5) is 0. The molecule has 0 amide bonds. The van der Waals surface area contributed by atoms with E-state index < -0.39 is 0 Å². The Labute approximate surface area is 115 Å². The van der Waals surface area contributed by atoms with Crippen molar-refractivity contribution in [2.45, 2.75) is 46.1 Å². The SMILES string of the molecule is CC1CCC(C(C)C)C(Oc2ccc(N)cc2F)C1. The molecule has 2 N–H and O–H groups in total. The number of anilines is 1. The van der Waals surface area contributed by atoms with Gasteiger partial charge < -0.3 is 10.5 Å². The van der Waals surface area contributed by atoms with Crippen LogP contribution in [0, 0.1) is 23.6 Å². The molecule has 0 heterocycles. The summed E-state index contributed by atoms with van der Waals surface area (Å²) in [5, 5.41) is 0. The number of rotatable bonds is 3. The summed E-state index contributed by atoms with van der Waals surface area (Å²) in [7, 11) is 0. The van der Waals surface area contributed by atoms with E-state index in [0.717, 1.165) is 6.42 Å². The van der Waals surface area contributed by atoms with E-state index >= 15 is 0 Å². The summed E-state index contributed by atoms with van der Waals surface area (Å²) in [5.41, 5.74) is 6.00. The van der Waals surface area contributed by atoms with E-state index in [0.29, 0.717) is 29.2 Å². The van der Waals surface area contributed by atoms with E-state index in [-0.39, 0.29) is 11.9 Å². The fourth-order valence-corrected chi connectivity index (χ4v) is 3.03. The molecule has 0 radical (unpaired) electrons. The zero-order valence-corrected chi connectivity index (χ0v) is 12.0. The van der Waals surface area contributed by atoms with Gasteiger partial charge in [0.25, 0.3) is 0 Å². The van der Waals surface area contributed by atoms with Crippen LogP contribution < -0.4 is 10.5 Å². The highest BCUT2D eigenvalue weighted by Crippen LogP contribution is 2.36. The summed E-state index contributed by atoms with van der Waals surface area (Å²) in [5.74, 6) is 1.69. The molecule has 0 bridgehead atoms. The van der Waals surface area contributed by atoms with Gasteiger partial charge in [-0.25, -0.2) is 4.39 Å². The molecule has 1 aliphatic carbocycles. The molecule has 1 aliphatic rings. The summed E-state index contributed by atoms with van der Waals surface area (Å²) in [6.45, 7) is 6.68. The Hall–Kier alpha value is -1.25. The van der Waals surface area contributed by atoms with Gasteiger partial charge in [0.1, 0.15) is 6.10 Å². The average molecular weight is 265 g/mol. The molecule has 0 saturated heterocycles. The van der Waals surface area contributed by atoms with E-state index in [2.05, 4.69) is 20.8 Å².